The smallest absolute Gasteiger partial charge is 0.303 e. The van der Waals surface area contributed by atoms with Gasteiger partial charge in [-0.05, 0) is 25.1 Å². The molecule has 1 aromatic heterocycles. The summed E-state index contributed by atoms with van der Waals surface area (Å²) in [6.07, 6.45) is 0.429. The lowest BCUT2D eigenvalue weighted by Crippen LogP contribution is -1.99. The molecule has 20 heavy (non-hydrogen) atoms. The number of carboxylic acids is 1. The van der Waals surface area contributed by atoms with Crippen molar-refractivity contribution >= 4 is 21.9 Å². The Balaban J connectivity index is 2.49. The topological polar surface area (TPSA) is 75.2 Å². The average molecular weight is 339 g/mol. The van der Waals surface area contributed by atoms with Crippen molar-refractivity contribution < 1.29 is 14.6 Å². The van der Waals surface area contributed by atoms with Gasteiger partial charge in [0.2, 0.25) is 0 Å². The molecule has 1 heterocycles. The Morgan fingerprint density at radius 3 is 2.90 bits per heavy atom. The summed E-state index contributed by atoms with van der Waals surface area (Å²) in [5.74, 6) is -0.105. The standard InChI is InChI=1S/C14H15BrN2O3/c1-8-14(11(17-16-8)4-6-13(18)19)10-7-9(15)3-5-12(10)20-2/h3,5,7H,4,6H2,1-2H3,(H,16,17)(H,18,19). The second kappa shape index (κ2) is 6.09. The molecule has 6 heteroatoms. The van der Waals surface area contributed by atoms with Gasteiger partial charge in [-0.3, -0.25) is 9.89 Å². The van der Waals surface area contributed by atoms with Crippen molar-refractivity contribution in [2.45, 2.75) is 19.8 Å². The largest absolute Gasteiger partial charge is 0.496 e. The number of H-pyrrole nitrogens is 1. The summed E-state index contributed by atoms with van der Waals surface area (Å²) in [4.78, 5) is 10.7. The second-order valence-corrected chi connectivity index (χ2v) is 5.32. The highest BCUT2D eigenvalue weighted by atomic mass is 79.9. The number of halogens is 1. The number of carboxylic acid groups (broad SMARTS) is 1. The molecule has 2 aromatic rings. The summed E-state index contributed by atoms with van der Waals surface area (Å²) in [6.45, 7) is 1.91. The third kappa shape index (κ3) is 3.01. The fraction of sp³-hybridized carbons (Fsp3) is 0.286. The Morgan fingerprint density at radius 2 is 2.25 bits per heavy atom. The molecule has 0 unspecified atom stereocenters. The molecule has 2 N–H and O–H groups in total. The Hall–Kier alpha value is -1.82. The van der Waals surface area contributed by atoms with Crippen LogP contribution in [-0.4, -0.2) is 28.4 Å². The molecule has 0 aliphatic carbocycles. The minimum Gasteiger partial charge on any atom is -0.496 e. The van der Waals surface area contributed by atoms with E-state index in [0.717, 1.165) is 32.7 Å². The molecule has 5 nitrogen and oxygen atoms in total. The normalized spacial score (nSPS) is 10.6. The lowest BCUT2D eigenvalue weighted by molar-refractivity contribution is -0.136. The maximum absolute atomic E-state index is 10.7. The molecule has 0 atom stereocenters. The van der Waals surface area contributed by atoms with Crippen LogP contribution in [0.4, 0.5) is 0 Å². The zero-order chi connectivity index (χ0) is 14.7. The minimum atomic E-state index is -0.835. The molecular weight excluding hydrogens is 324 g/mol. The number of nitrogens with one attached hydrogen (secondary N) is 1. The molecule has 106 valence electrons. The molecule has 0 saturated carbocycles. The Bertz CT molecular complexity index is 637. The van der Waals surface area contributed by atoms with Gasteiger partial charge in [-0.2, -0.15) is 5.10 Å². The fourth-order valence-electron chi connectivity index (χ4n) is 2.12. The molecule has 1 aromatic carbocycles. The lowest BCUT2D eigenvalue weighted by Gasteiger charge is -2.10. The minimum absolute atomic E-state index is 0.0492. The van der Waals surface area contributed by atoms with Crippen molar-refractivity contribution in [3.63, 3.8) is 0 Å². The quantitative estimate of drug-likeness (QED) is 0.877. The Labute approximate surface area is 125 Å². The van der Waals surface area contributed by atoms with Crippen LogP contribution in [0.15, 0.2) is 22.7 Å². The van der Waals surface area contributed by atoms with E-state index in [0.29, 0.717) is 6.42 Å². The number of aryl methyl sites for hydroxylation is 2. The van der Waals surface area contributed by atoms with Crippen molar-refractivity contribution in [1.82, 2.24) is 10.2 Å². The van der Waals surface area contributed by atoms with Gasteiger partial charge in [-0.1, -0.05) is 15.9 Å². The van der Waals surface area contributed by atoms with Crippen molar-refractivity contribution in [2.24, 2.45) is 0 Å². The first-order valence-electron chi connectivity index (χ1n) is 6.12. The summed E-state index contributed by atoms with van der Waals surface area (Å²) >= 11 is 3.44. The van der Waals surface area contributed by atoms with Crippen LogP contribution in [0.5, 0.6) is 5.75 Å². The van der Waals surface area contributed by atoms with Crippen LogP contribution in [0.1, 0.15) is 17.8 Å². The number of nitrogens with zero attached hydrogens (tertiary/aromatic N) is 1. The van der Waals surface area contributed by atoms with Crippen LogP contribution in [-0.2, 0) is 11.2 Å². The van der Waals surface area contributed by atoms with E-state index >= 15 is 0 Å². The monoisotopic (exact) mass is 338 g/mol. The molecule has 0 radical (unpaired) electrons. The zero-order valence-electron chi connectivity index (χ0n) is 11.2. The SMILES string of the molecule is COc1ccc(Br)cc1-c1c(CCC(=O)O)n[nH]c1C. The number of aromatic amines is 1. The van der Waals surface area contributed by atoms with E-state index in [9.17, 15) is 4.79 Å². The molecule has 0 spiro atoms. The molecule has 0 aliphatic heterocycles. The predicted octanol–water partition coefficient (Wildman–Crippen LogP) is 3.17. The third-order valence-electron chi connectivity index (χ3n) is 3.03. The Morgan fingerprint density at radius 1 is 1.50 bits per heavy atom. The van der Waals surface area contributed by atoms with Gasteiger partial charge in [-0.15, -0.1) is 0 Å². The van der Waals surface area contributed by atoms with Gasteiger partial charge >= 0.3 is 5.97 Å². The number of hydrogen-bond acceptors (Lipinski definition) is 3. The van der Waals surface area contributed by atoms with E-state index in [4.69, 9.17) is 9.84 Å². The molecular formula is C14H15BrN2O3. The van der Waals surface area contributed by atoms with E-state index in [1.54, 1.807) is 7.11 Å². The van der Waals surface area contributed by atoms with E-state index in [1.165, 1.54) is 0 Å². The first kappa shape index (κ1) is 14.6. The molecule has 0 amide bonds. The van der Waals surface area contributed by atoms with Crippen molar-refractivity contribution in [3.05, 3.63) is 34.1 Å². The first-order valence-corrected chi connectivity index (χ1v) is 6.91. The maximum atomic E-state index is 10.7. The number of methoxy groups -OCH3 is 1. The molecule has 0 bridgehead atoms. The van der Waals surface area contributed by atoms with Crippen LogP contribution in [0.25, 0.3) is 11.1 Å². The highest BCUT2D eigenvalue weighted by Crippen LogP contribution is 2.36. The maximum Gasteiger partial charge on any atom is 0.303 e. The summed E-state index contributed by atoms with van der Waals surface area (Å²) < 4.78 is 6.31. The number of ether oxygens (including phenoxy) is 1. The van der Waals surface area contributed by atoms with E-state index in [1.807, 2.05) is 25.1 Å². The number of hydrogen-bond donors (Lipinski definition) is 2. The van der Waals surface area contributed by atoms with E-state index in [-0.39, 0.29) is 6.42 Å². The zero-order valence-corrected chi connectivity index (χ0v) is 12.8. The summed E-state index contributed by atoms with van der Waals surface area (Å²) in [7, 11) is 1.61. The predicted molar refractivity (Wildman–Crippen MR) is 79.0 cm³/mol. The van der Waals surface area contributed by atoms with Crippen LogP contribution in [0, 0.1) is 6.92 Å². The van der Waals surface area contributed by atoms with Gasteiger partial charge in [-0.25, -0.2) is 0 Å². The summed E-state index contributed by atoms with van der Waals surface area (Å²) in [5.41, 5.74) is 3.43. The van der Waals surface area contributed by atoms with Gasteiger partial charge in [0.1, 0.15) is 5.75 Å². The number of carbonyl (C=O) groups is 1. The van der Waals surface area contributed by atoms with Crippen LogP contribution >= 0.6 is 15.9 Å². The van der Waals surface area contributed by atoms with Crippen molar-refractivity contribution in [3.8, 4) is 16.9 Å². The first-order chi connectivity index (χ1) is 9.52. The van der Waals surface area contributed by atoms with Crippen LogP contribution < -0.4 is 4.74 Å². The number of aliphatic carboxylic acids is 1. The molecule has 0 saturated heterocycles. The highest BCUT2D eigenvalue weighted by Gasteiger charge is 2.17. The molecule has 0 aliphatic rings. The van der Waals surface area contributed by atoms with Crippen molar-refractivity contribution in [2.75, 3.05) is 7.11 Å². The molecule has 0 fully saturated rings. The van der Waals surface area contributed by atoms with E-state index in [2.05, 4.69) is 26.1 Å². The van der Waals surface area contributed by atoms with Crippen LogP contribution in [0.3, 0.4) is 0 Å². The fourth-order valence-corrected chi connectivity index (χ4v) is 2.48. The summed E-state index contributed by atoms with van der Waals surface area (Å²) in [6, 6.07) is 5.71. The Kier molecular flexibility index (Phi) is 4.44. The van der Waals surface area contributed by atoms with E-state index < -0.39 is 5.97 Å². The van der Waals surface area contributed by atoms with Gasteiger partial charge in [0.05, 0.1) is 19.2 Å². The second-order valence-electron chi connectivity index (χ2n) is 4.41. The third-order valence-corrected chi connectivity index (χ3v) is 3.52. The molecule has 2 rings (SSSR count). The van der Waals surface area contributed by atoms with Crippen LogP contribution in [0.2, 0.25) is 0 Å². The number of benzene rings is 1. The average Bonchev–Trinajstić information content (AvgIpc) is 2.77. The number of rotatable bonds is 5. The highest BCUT2D eigenvalue weighted by molar-refractivity contribution is 9.10. The number of aromatic nitrogens is 2. The summed E-state index contributed by atoms with van der Waals surface area (Å²) in [5, 5.41) is 15.9. The lowest BCUT2D eigenvalue weighted by atomic mass is 10.00. The van der Waals surface area contributed by atoms with Gasteiger partial charge < -0.3 is 9.84 Å². The van der Waals surface area contributed by atoms with Gasteiger partial charge in [0, 0.05) is 27.7 Å². The van der Waals surface area contributed by atoms with Crippen molar-refractivity contribution in [1.29, 1.82) is 0 Å². The van der Waals surface area contributed by atoms with Gasteiger partial charge in [0.15, 0.2) is 0 Å². The van der Waals surface area contributed by atoms with Gasteiger partial charge in [0.25, 0.3) is 0 Å².